The predicted molar refractivity (Wildman–Crippen MR) is 101 cm³/mol. The van der Waals surface area contributed by atoms with Crippen molar-refractivity contribution >= 4 is 15.9 Å². The van der Waals surface area contributed by atoms with Crippen LogP contribution in [0.4, 0.5) is 4.39 Å². The van der Waals surface area contributed by atoms with Crippen LogP contribution in [0.3, 0.4) is 0 Å². The Morgan fingerprint density at radius 1 is 1.21 bits per heavy atom. The molecule has 0 radical (unpaired) electrons. The van der Waals surface area contributed by atoms with Crippen molar-refractivity contribution in [1.29, 1.82) is 0 Å². The van der Waals surface area contributed by atoms with Crippen LogP contribution in [0, 0.1) is 12.7 Å². The van der Waals surface area contributed by atoms with Gasteiger partial charge >= 0.3 is 0 Å². The first-order chi connectivity index (χ1) is 13.2. The molecule has 0 aliphatic carbocycles. The number of carbonyl (C=O) groups is 1. The van der Waals surface area contributed by atoms with Gasteiger partial charge in [0.1, 0.15) is 17.7 Å². The minimum Gasteiger partial charge on any atom is -0.338 e. The van der Waals surface area contributed by atoms with E-state index in [-0.39, 0.29) is 10.5 Å². The number of aryl methyl sites for hydroxylation is 2. The minimum atomic E-state index is -3.96. The van der Waals surface area contributed by atoms with Crippen LogP contribution in [0.5, 0.6) is 0 Å². The number of nitrogens with two attached hydrogens (primary N) is 1. The van der Waals surface area contributed by atoms with Gasteiger partial charge in [-0.25, -0.2) is 22.9 Å². The molecule has 1 aromatic heterocycles. The number of carbonyl (C=O) groups excluding carboxylic acids is 1. The Morgan fingerprint density at radius 2 is 1.89 bits per heavy atom. The molecule has 1 amide bonds. The van der Waals surface area contributed by atoms with E-state index in [1.165, 1.54) is 30.3 Å². The number of amides is 1. The van der Waals surface area contributed by atoms with Crippen molar-refractivity contribution in [2.24, 2.45) is 12.2 Å². The van der Waals surface area contributed by atoms with Crippen molar-refractivity contribution < 1.29 is 17.6 Å². The van der Waals surface area contributed by atoms with E-state index in [0.717, 1.165) is 0 Å². The fourth-order valence-electron chi connectivity index (χ4n) is 2.87. The molecular weight excluding hydrogens is 383 g/mol. The summed E-state index contributed by atoms with van der Waals surface area (Å²) in [5, 5.41) is 8.05. The second-order valence-corrected chi connectivity index (χ2v) is 7.91. The molecule has 0 fully saturated rings. The molecule has 146 valence electrons. The highest BCUT2D eigenvalue weighted by Crippen LogP contribution is 2.22. The van der Waals surface area contributed by atoms with Crippen LogP contribution in [0.15, 0.2) is 59.8 Å². The number of benzene rings is 2. The number of sulfonamides is 1. The molecule has 0 saturated carbocycles. The predicted octanol–water partition coefficient (Wildman–Crippen LogP) is 2.03. The molecule has 1 atom stereocenters. The molecule has 0 spiro atoms. The van der Waals surface area contributed by atoms with Crippen LogP contribution in [-0.2, 0) is 17.1 Å². The van der Waals surface area contributed by atoms with Gasteiger partial charge in [-0.3, -0.25) is 4.79 Å². The smallest absolute Gasteiger partial charge is 0.252 e. The highest BCUT2D eigenvalue weighted by molar-refractivity contribution is 7.89. The standard InChI is InChI=1S/C19H19FN4O3S/c1-12-3-4-14(11-16(12)28(21,26)27)19(25)23-17(18-22-9-10-24(18)2)13-5-7-15(20)8-6-13/h3-11,17H,1-2H3,(H,23,25)(H2,21,26,27). The number of aromatic nitrogens is 2. The maximum atomic E-state index is 13.3. The molecule has 3 aromatic rings. The van der Waals surface area contributed by atoms with E-state index in [1.807, 2.05) is 0 Å². The van der Waals surface area contributed by atoms with Gasteiger partial charge in [-0.15, -0.1) is 0 Å². The van der Waals surface area contributed by atoms with Gasteiger partial charge in [-0.1, -0.05) is 18.2 Å². The number of hydrogen-bond acceptors (Lipinski definition) is 4. The van der Waals surface area contributed by atoms with Crippen molar-refractivity contribution in [3.63, 3.8) is 0 Å². The zero-order chi connectivity index (χ0) is 20.5. The lowest BCUT2D eigenvalue weighted by Crippen LogP contribution is -2.31. The normalized spacial score (nSPS) is 12.6. The zero-order valence-corrected chi connectivity index (χ0v) is 16.1. The SMILES string of the molecule is Cc1ccc(C(=O)NC(c2ccc(F)cc2)c2nccn2C)cc1S(N)(=O)=O. The van der Waals surface area contributed by atoms with Gasteiger partial charge in [0.2, 0.25) is 10.0 Å². The van der Waals surface area contributed by atoms with Gasteiger partial charge < -0.3 is 9.88 Å². The van der Waals surface area contributed by atoms with Crippen LogP contribution in [0.2, 0.25) is 0 Å². The Labute approximate surface area is 162 Å². The molecule has 3 rings (SSSR count). The molecule has 7 nitrogen and oxygen atoms in total. The van der Waals surface area contributed by atoms with E-state index >= 15 is 0 Å². The van der Waals surface area contributed by atoms with Crippen LogP contribution in [0.1, 0.15) is 33.4 Å². The van der Waals surface area contributed by atoms with Gasteiger partial charge in [-0.05, 0) is 42.3 Å². The molecule has 1 unspecified atom stereocenters. The number of hydrogen-bond donors (Lipinski definition) is 2. The monoisotopic (exact) mass is 402 g/mol. The Kier molecular flexibility index (Phi) is 5.30. The summed E-state index contributed by atoms with van der Waals surface area (Å²) in [5.74, 6) is -0.369. The summed E-state index contributed by atoms with van der Waals surface area (Å²) in [7, 11) is -2.19. The first-order valence-electron chi connectivity index (χ1n) is 8.34. The number of imidazole rings is 1. The Hall–Kier alpha value is -3.04. The van der Waals surface area contributed by atoms with Gasteiger partial charge in [0.05, 0.1) is 4.90 Å². The second-order valence-electron chi connectivity index (χ2n) is 6.38. The Morgan fingerprint density at radius 3 is 2.46 bits per heavy atom. The summed E-state index contributed by atoms with van der Waals surface area (Å²) in [6, 6.07) is 9.30. The molecular formula is C19H19FN4O3S. The molecule has 3 N–H and O–H groups in total. The summed E-state index contributed by atoms with van der Waals surface area (Å²) in [6.07, 6.45) is 3.31. The van der Waals surface area contributed by atoms with E-state index in [9.17, 15) is 17.6 Å². The molecule has 0 bridgehead atoms. The van der Waals surface area contributed by atoms with Gasteiger partial charge in [0.15, 0.2) is 0 Å². The highest BCUT2D eigenvalue weighted by atomic mass is 32.2. The topological polar surface area (TPSA) is 107 Å². The van der Waals surface area contributed by atoms with Gasteiger partial charge in [-0.2, -0.15) is 0 Å². The maximum Gasteiger partial charge on any atom is 0.252 e. The molecule has 9 heteroatoms. The number of nitrogens with zero attached hydrogens (tertiary/aromatic N) is 2. The largest absolute Gasteiger partial charge is 0.338 e. The lowest BCUT2D eigenvalue weighted by atomic mass is 10.0. The first-order valence-corrected chi connectivity index (χ1v) is 9.88. The molecule has 0 aliphatic heterocycles. The van der Waals surface area contributed by atoms with Crippen molar-refractivity contribution in [3.05, 3.63) is 83.2 Å². The van der Waals surface area contributed by atoms with Crippen molar-refractivity contribution in [3.8, 4) is 0 Å². The fourth-order valence-corrected chi connectivity index (χ4v) is 3.68. The fraction of sp³-hybridized carbons (Fsp3) is 0.158. The van der Waals surface area contributed by atoms with Gasteiger partial charge in [0.25, 0.3) is 5.91 Å². The van der Waals surface area contributed by atoms with Crippen molar-refractivity contribution in [2.45, 2.75) is 17.9 Å². The van der Waals surface area contributed by atoms with E-state index in [4.69, 9.17) is 5.14 Å². The van der Waals surface area contributed by atoms with Crippen molar-refractivity contribution in [2.75, 3.05) is 0 Å². The van der Waals surface area contributed by atoms with E-state index in [2.05, 4.69) is 10.3 Å². The first kappa shape index (κ1) is 19.7. The third-order valence-electron chi connectivity index (χ3n) is 4.35. The third kappa shape index (κ3) is 4.10. The molecule has 28 heavy (non-hydrogen) atoms. The average molecular weight is 402 g/mol. The van der Waals surface area contributed by atoms with Crippen LogP contribution < -0.4 is 10.5 Å². The summed E-state index contributed by atoms with van der Waals surface area (Å²) in [4.78, 5) is 17.0. The lowest BCUT2D eigenvalue weighted by Gasteiger charge is -2.19. The summed E-state index contributed by atoms with van der Waals surface area (Å²) in [6.45, 7) is 1.59. The molecule has 0 saturated heterocycles. The summed E-state index contributed by atoms with van der Waals surface area (Å²) < 4.78 is 38.5. The van der Waals surface area contributed by atoms with E-state index < -0.39 is 27.8 Å². The third-order valence-corrected chi connectivity index (χ3v) is 5.41. The van der Waals surface area contributed by atoms with E-state index in [0.29, 0.717) is 17.0 Å². The number of primary sulfonamides is 1. The Bertz CT molecular complexity index is 1120. The second kappa shape index (κ2) is 7.53. The molecule has 1 heterocycles. The zero-order valence-electron chi connectivity index (χ0n) is 15.3. The highest BCUT2D eigenvalue weighted by Gasteiger charge is 2.23. The van der Waals surface area contributed by atoms with Gasteiger partial charge in [0, 0.05) is 25.0 Å². The number of nitrogens with one attached hydrogen (secondary N) is 1. The minimum absolute atomic E-state index is 0.115. The van der Waals surface area contributed by atoms with E-state index in [1.54, 1.807) is 43.1 Å². The Balaban J connectivity index is 1.99. The van der Waals surface area contributed by atoms with Crippen molar-refractivity contribution in [1.82, 2.24) is 14.9 Å². The summed E-state index contributed by atoms with van der Waals surface area (Å²) >= 11 is 0. The quantitative estimate of drug-likeness (QED) is 0.681. The van der Waals surface area contributed by atoms with Crippen LogP contribution >= 0.6 is 0 Å². The molecule has 0 aliphatic rings. The number of rotatable bonds is 5. The lowest BCUT2D eigenvalue weighted by molar-refractivity contribution is 0.0941. The van der Waals surface area contributed by atoms with Crippen LogP contribution in [0.25, 0.3) is 0 Å². The van der Waals surface area contributed by atoms with Crippen LogP contribution in [-0.4, -0.2) is 23.9 Å². The number of halogens is 1. The molecule has 2 aromatic carbocycles. The average Bonchev–Trinajstić information content (AvgIpc) is 3.05. The maximum absolute atomic E-state index is 13.3. The summed E-state index contributed by atoms with van der Waals surface area (Å²) in [5.41, 5.74) is 1.21.